The van der Waals surface area contributed by atoms with E-state index in [4.69, 9.17) is 9.47 Å². The molecule has 5 rings (SSSR count). The molecule has 2 N–H and O–H groups in total. The summed E-state index contributed by atoms with van der Waals surface area (Å²) in [7, 11) is 0. The minimum atomic E-state index is -0.387. The summed E-state index contributed by atoms with van der Waals surface area (Å²) in [6.45, 7) is 6.42. The molecule has 2 aromatic heterocycles. The lowest BCUT2D eigenvalue weighted by Gasteiger charge is -2.27. The number of aryl methyl sites for hydroxylation is 1. The highest BCUT2D eigenvalue weighted by atomic mass is 32.1. The van der Waals surface area contributed by atoms with Crippen molar-refractivity contribution in [3.05, 3.63) is 40.8 Å². The molecule has 3 aromatic rings. The molecule has 0 radical (unpaired) electrons. The van der Waals surface area contributed by atoms with Crippen LogP contribution in [0.25, 0.3) is 10.2 Å². The maximum atomic E-state index is 14.1. The van der Waals surface area contributed by atoms with Gasteiger partial charge in [-0.25, -0.2) is 14.4 Å². The van der Waals surface area contributed by atoms with Crippen LogP contribution in [0.1, 0.15) is 60.2 Å². The molecule has 0 atom stereocenters. The predicted molar refractivity (Wildman–Crippen MR) is 146 cm³/mol. The number of anilines is 2. The summed E-state index contributed by atoms with van der Waals surface area (Å²) in [6, 6.07) is 4.39. The Bertz CT molecular complexity index is 1260. The Hall–Kier alpha value is -2.66. The number of nitrogens with one attached hydrogen (secondary N) is 1. The first kappa shape index (κ1) is 26.9. The van der Waals surface area contributed by atoms with E-state index in [-0.39, 0.29) is 23.8 Å². The first-order chi connectivity index (χ1) is 18.5. The normalized spacial score (nSPS) is 20.5. The zero-order valence-corrected chi connectivity index (χ0v) is 22.6. The number of ketones is 1. The molecule has 0 unspecified atom stereocenters. The van der Waals surface area contributed by atoms with Crippen molar-refractivity contribution in [3.63, 3.8) is 0 Å². The first-order valence-electron chi connectivity index (χ1n) is 13.5. The van der Waals surface area contributed by atoms with Crippen LogP contribution in [-0.2, 0) is 4.74 Å². The summed E-state index contributed by atoms with van der Waals surface area (Å²) in [5.74, 6) is 0.708. The van der Waals surface area contributed by atoms with E-state index in [9.17, 15) is 14.3 Å². The van der Waals surface area contributed by atoms with E-state index in [0.29, 0.717) is 41.4 Å². The standard InChI is InChI=1S/C28H35FN4O4S/c1-18-25-27(32-22-10-5-19(29)16-24(22)37-21-8-6-20(34)7-9-21)30-17-31-28(25)38-26(18)23(35)4-2-3-11-33-12-14-36-15-13-33/h5,10,16-17,20-21,34H,2-4,6-9,11-15H2,1H3,(H,30,31,32). The van der Waals surface area contributed by atoms with E-state index in [1.54, 1.807) is 6.07 Å². The average Bonchev–Trinajstić information content (AvgIpc) is 3.27. The number of aliphatic hydroxyl groups excluding tert-OH is 1. The number of thiophene rings is 1. The third kappa shape index (κ3) is 6.48. The quantitative estimate of drug-likeness (QED) is 0.265. The minimum Gasteiger partial charge on any atom is -0.488 e. The summed E-state index contributed by atoms with van der Waals surface area (Å²) in [5, 5.41) is 13.9. The lowest BCUT2D eigenvalue weighted by atomic mass is 9.95. The topological polar surface area (TPSA) is 96.8 Å². The van der Waals surface area contributed by atoms with Crippen molar-refractivity contribution in [2.45, 2.75) is 64.1 Å². The fourth-order valence-corrected chi connectivity index (χ4v) is 6.27. The number of hydrogen-bond donors (Lipinski definition) is 2. The number of aromatic nitrogens is 2. The molecule has 1 saturated heterocycles. The van der Waals surface area contributed by atoms with E-state index in [0.717, 1.165) is 74.3 Å². The van der Waals surface area contributed by atoms with Crippen LogP contribution in [0.3, 0.4) is 0 Å². The number of aliphatic hydroxyl groups is 1. The van der Waals surface area contributed by atoms with Gasteiger partial charge in [-0.05, 0) is 69.7 Å². The number of Topliss-reactive ketones (excluding diaryl/α,β-unsaturated/α-hetero) is 1. The molecule has 0 bridgehead atoms. The Morgan fingerprint density at radius 3 is 2.79 bits per heavy atom. The molecule has 3 heterocycles. The van der Waals surface area contributed by atoms with E-state index in [1.807, 2.05) is 6.92 Å². The highest BCUT2D eigenvalue weighted by Crippen LogP contribution is 2.38. The second kappa shape index (κ2) is 12.5. The number of rotatable bonds is 10. The molecule has 0 amide bonds. The van der Waals surface area contributed by atoms with Crippen molar-refractivity contribution < 1.29 is 23.8 Å². The number of carbonyl (C=O) groups excluding carboxylic acids is 1. The van der Waals surface area contributed by atoms with Crippen molar-refractivity contribution in [1.82, 2.24) is 14.9 Å². The van der Waals surface area contributed by atoms with Crippen molar-refractivity contribution in [2.24, 2.45) is 0 Å². The largest absolute Gasteiger partial charge is 0.488 e. The number of carbonyl (C=O) groups is 1. The highest BCUT2D eigenvalue weighted by Gasteiger charge is 2.23. The first-order valence-corrected chi connectivity index (χ1v) is 14.3. The van der Waals surface area contributed by atoms with Crippen LogP contribution in [-0.4, -0.2) is 70.8 Å². The Labute approximate surface area is 226 Å². The minimum absolute atomic E-state index is 0.0819. The van der Waals surface area contributed by atoms with Crippen molar-refractivity contribution in [3.8, 4) is 5.75 Å². The van der Waals surface area contributed by atoms with Gasteiger partial charge in [-0.1, -0.05) is 0 Å². The molecule has 10 heteroatoms. The molecule has 8 nitrogen and oxygen atoms in total. The maximum absolute atomic E-state index is 14.1. The molecule has 1 aromatic carbocycles. The molecule has 0 spiro atoms. The summed E-state index contributed by atoms with van der Waals surface area (Å²) in [5.41, 5.74) is 1.45. The molecule has 38 heavy (non-hydrogen) atoms. The van der Waals surface area contributed by atoms with Gasteiger partial charge in [0.2, 0.25) is 0 Å². The molecule has 1 aliphatic carbocycles. The van der Waals surface area contributed by atoms with E-state index in [2.05, 4.69) is 20.2 Å². The Balaban J connectivity index is 1.29. The van der Waals surface area contributed by atoms with Crippen LogP contribution in [0.15, 0.2) is 24.5 Å². The van der Waals surface area contributed by atoms with Crippen molar-refractivity contribution in [2.75, 3.05) is 38.2 Å². The number of benzene rings is 1. The number of unbranched alkanes of at least 4 members (excludes halogenated alkanes) is 1. The lowest BCUT2D eigenvalue weighted by molar-refractivity contribution is 0.0371. The highest BCUT2D eigenvalue weighted by molar-refractivity contribution is 7.20. The molecule has 1 aliphatic heterocycles. The molecular formula is C28H35FN4O4S. The maximum Gasteiger partial charge on any atom is 0.173 e. The van der Waals surface area contributed by atoms with Gasteiger partial charge in [-0.2, -0.15) is 0 Å². The summed E-state index contributed by atoms with van der Waals surface area (Å²) in [4.78, 5) is 25.8. The Morgan fingerprint density at radius 2 is 2.00 bits per heavy atom. The number of fused-ring (bicyclic) bond motifs is 1. The van der Waals surface area contributed by atoms with Crippen molar-refractivity contribution >= 4 is 38.8 Å². The monoisotopic (exact) mass is 542 g/mol. The van der Waals surface area contributed by atoms with E-state index in [1.165, 1.54) is 29.8 Å². The van der Waals surface area contributed by atoms with Crippen molar-refractivity contribution in [1.29, 1.82) is 0 Å². The van der Waals surface area contributed by atoms with Gasteiger partial charge in [0.1, 0.15) is 28.5 Å². The van der Waals surface area contributed by atoms with Gasteiger partial charge in [-0.15, -0.1) is 11.3 Å². The van der Waals surface area contributed by atoms with Crippen LogP contribution in [0.2, 0.25) is 0 Å². The fourth-order valence-electron chi connectivity index (χ4n) is 5.16. The number of nitrogens with zero attached hydrogens (tertiary/aromatic N) is 3. The van der Waals surface area contributed by atoms with Gasteiger partial charge >= 0.3 is 0 Å². The van der Waals surface area contributed by atoms with Crippen LogP contribution in [0.5, 0.6) is 5.75 Å². The summed E-state index contributed by atoms with van der Waals surface area (Å²) >= 11 is 1.40. The summed E-state index contributed by atoms with van der Waals surface area (Å²) < 4.78 is 25.7. The van der Waals surface area contributed by atoms with Crippen LogP contribution in [0.4, 0.5) is 15.9 Å². The zero-order chi connectivity index (χ0) is 26.5. The van der Waals surface area contributed by atoms with Gasteiger partial charge in [0.25, 0.3) is 0 Å². The number of morpholine rings is 1. The molecule has 1 saturated carbocycles. The van der Waals surface area contributed by atoms with Crippen LogP contribution >= 0.6 is 11.3 Å². The van der Waals surface area contributed by atoms with Gasteiger partial charge in [0.05, 0.1) is 41.4 Å². The Kier molecular flexibility index (Phi) is 8.83. The number of hydrogen-bond acceptors (Lipinski definition) is 9. The molecule has 2 aliphatic rings. The number of ether oxygens (including phenoxy) is 2. The third-order valence-electron chi connectivity index (χ3n) is 7.35. The fraction of sp³-hybridized carbons (Fsp3) is 0.536. The van der Waals surface area contributed by atoms with Gasteiger partial charge in [0, 0.05) is 25.6 Å². The van der Waals surface area contributed by atoms with E-state index < -0.39 is 0 Å². The van der Waals surface area contributed by atoms with Gasteiger partial charge < -0.3 is 19.9 Å². The van der Waals surface area contributed by atoms with E-state index >= 15 is 0 Å². The SMILES string of the molecule is Cc1c(C(=O)CCCCN2CCOCC2)sc2ncnc(Nc3ccc(F)cc3OC3CCC(O)CC3)c12. The summed E-state index contributed by atoms with van der Waals surface area (Å²) in [6.07, 6.45) is 6.21. The van der Waals surface area contributed by atoms with Crippen LogP contribution < -0.4 is 10.1 Å². The second-order valence-electron chi connectivity index (χ2n) is 10.1. The second-order valence-corrected chi connectivity index (χ2v) is 11.1. The zero-order valence-electron chi connectivity index (χ0n) is 21.7. The molecule has 2 fully saturated rings. The number of halogens is 1. The van der Waals surface area contributed by atoms with Gasteiger partial charge in [0.15, 0.2) is 5.78 Å². The third-order valence-corrected chi connectivity index (χ3v) is 8.59. The molecular weight excluding hydrogens is 507 g/mol. The molecule has 204 valence electrons. The lowest BCUT2D eigenvalue weighted by Crippen LogP contribution is -2.36. The Morgan fingerprint density at radius 1 is 1.21 bits per heavy atom. The van der Waals surface area contributed by atoms with Gasteiger partial charge in [-0.3, -0.25) is 9.69 Å². The van der Waals surface area contributed by atoms with Crippen LogP contribution in [0, 0.1) is 12.7 Å². The average molecular weight is 543 g/mol. The smallest absolute Gasteiger partial charge is 0.173 e. The predicted octanol–water partition coefficient (Wildman–Crippen LogP) is 5.25.